The molecule has 0 aliphatic rings. The first-order chi connectivity index (χ1) is 20.9. The van der Waals surface area contributed by atoms with E-state index in [-0.39, 0.29) is 12.8 Å². The highest BCUT2D eigenvalue weighted by Gasteiger charge is 2.34. The molecule has 12 heteroatoms. The minimum absolute atomic E-state index is 0.201. The molecular weight excluding hydrogens is 768 g/mol. The molecule has 0 bridgehead atoms. The first-order valence-corrected chi connectivity index (χ1v) is 15.7. The maximum absolute atomic E-state index is 13.1. The van der Waals surface area contributed by atoms with Gasteiger partial charge in [0.05, 0.1) is 11.8 Å². The summed E-state index contributed by atoms with van der Waals surface area (Å²) in [6.07, 6.45) is -0.531. The fourth-order valence-corrected chi connectivity index (χ4v) is 4.69. The van der Waals surface area contributed by atoms with Crippen molar-refractivity contribution < 1.29 is 43.0 Å². The summed E-state index contributed by atoms with van der Waals surface area (Å²) in [5, 5.41) is 0. The quantitative estimate of drug-likeness (QED) is 0.0952. The molecule has 0 unspecified atom stereocenters. The predicted octanol–water partition coefficient (Wildman–Crippen LogP) is 6.58. The molecule has 0 N–H and O–H groups in total. The molecule has 44 heavy (non-hydrogen) atoms. The molecule has 3 aromatic carbocycles. The summed E-state index contributed by atoms with van der Waals surface area (Å²) < 4.78 is 17.8. The minimum atomic E-state index is -1.21. The van der Waals surface area contributed by atoms with Gasteiger partial charge >= 0.3 is 17.9 Å². The number of carbonyl (C=O) groups excluding carboxylic acids is 6. The van der Waals surface area contributed by atoms with E-state index in [1.165, 1.54) is 6.92 Å². The van der Waals surface area contributed by atoms with Gasteiger partial charge in [-0.1, -0.05) is 91.1 Å². The van der Waals surface area contributed by atoms with Gasteiger partial charge in [-0.25, -0.2) is 0 Å². The topological polar surface area (TPSA) is 130 Å². The second kappa shape index (κ2) is 17.1. The summed E-state index contributed by atoms with van der Waals surface area (Å²) >= 11 is 9.85. The van der Waals surface area contributed by atoms with E-state index in [1.54, 1.807) is 72.8 Å². The normalized spacial score (nSPS) is 12.0. The second-order valence-corrected chi connectivity index (χ2v) is 12.3. The number of rotatable bonds is 15. The van der Waals surface area contributed by atoms with E-state index in [1.807, 2.05) is 0 Å². The monoisotopic (exact) mass is 792 g/mol. The van der Waals surface area contributed by atoms with Crippen LogP contribution in [0, 0.1) is 11.8 Å². The van der Waals surface area contributed by atoms with E-state index in [0.29, 0.717) is 16.7 Å². The lowest BCUT2D eigenvalue weighted by atomic mass is 9.89. The van der Waals surface area contributed by atoms with Gasteiger partial charge in [-0.3, -0.25) is 28.8 Å². The van der Waals surface area contributed by atoms with Crippen LogP contribution in [0.4, 0.5) is 0 Å². The lowest BCUT2D eigenvalue weighted by molar-refractivity contribution is -0.159. The highest BCUT2D eigenvalue weighted by molar-refractivity contribution is 9.11. The first-order valence-electron chi connectivity index (χ1n) is 13.3. The van der Waals surface area contributed by atoms with Crippen LogP contribution in [0.3, 0.4) is 0 Å². The number of ether oxygens (including phenoxy) is 3. The number of esters is 3. The van der Waals surface area contributed by atoms with Gasteiger partial charge in [0.2, 0.25) is 0 Å². The standard InChI is InChI=1S/C32H27Br3O9/c1-19(31(40)43-17-28(37)21-4-10-24(34)11-5-21)26(32(41)44-18-29(38)22-6-12-25(35)13-7-22)14-15-30(39)42-16-27(36)20-2-8-23(33)9-3-20/h2-13,19,26H,14-18H2,1H3/t19-,26-/m1/s1. The Morgan fingerprint density at radius 2 is 0.886 bits per heavy atom. The van der Waals surface area contributed by atoms with Crippen molar-refractivity contribution >= 4 is 83.0 Å². The molecule has 0 radical (unpaired) electrons. The molecule has 3 rings (SSSR count). The average Bonchev–Trinajstić information content (AvgIpc) is 3.02. The predicted molar refractivity (Wildman–Crippen MR) is 170 cm³/mol. The Kier molecular flexibility index (Phi) is 13.6. The van der Waals surface area contributed by atoms with Crippen molar-refractivity contribution in [2.75, 3.05) is 19.8 Å². The zero-order valence-electron chi connectivity index (χ0n) is 23.4. The van der Waals surface area contributed by atoms with Gasteiger partial charge in [-0.15, -0.1) is 0 Å². The fraction of sp³-hybridized carbons (Fsp3) is 0.250. The van der Waals surface area contributed by atoms with Crippen LogP contribution >= 0.6 is 47.8 Å². The largest absolute Gasteiger partial charge is 0.457 e. The molecule has 0 heterocycles. The van der Waals surface area contributed by atoms with Crippen molar-refractivity contribution in [3.63, 3.8) is 0 Å². The van der Waals surface area contributed by atoms with Crippen molar-refractivity contribution in [1.82, 2.24) is 0 Å². The van der Waals surface area contributed by atoms with E-state index >= 15 is 0 Å². The molecule has 0 saturated heterocycles. The molecule has 0 amide bonds. The Hall–Kier alpha value is -3.48. The summed E-state index contributed by atoms with van der Waals surface area (Å²) in [6, 6.07) is 19.5. The van der Waals surface area contributed by atoms with Crippen LogP contribution in [0.15, 0.2) is 86.2 Å². The third-order valence-corrected chi connectivity index (χ3v) is 8.08. The van der Waals surface area contributed by atoms with Crippen LogP contribution in [-0.4, -0.2) is 55.1 Å². The Balaban J connectivity index is 1.62. The number of ketones is 3. The Morgan fingerprint density at radius 3 is 1.27 bits per heavy atom. The third kappa shape index (κ3) is 10.9. The molecule has 0 saturated carbocycles. The van der Waals surface area contributed by atoms with Gasteiger partial charge in [-0.2, -0.15) is 0 Å². The Morgan fingerprint density at radius 1 is 0.545 bits per heavy atom. The Labute approximate surface area is 279 Å². The number of benzene rings is 3. The fourth-order valence-electron chi connectivity index (χ4n) is 3.90. The van der Waals surface area contributed by atoms with Crippen molar-refractivity contribution in [3.8, 4) is 0 Å². The molecule has 0 fully saturated rings. The summed E-state index contributed by atoms with van der Waals surface area (Å²) in [6.45, 7) is -0.258. The van der Waals surface area contributed by atoms with E-state index in [0.717, 1.165) is 13.4 Å². The van der Waals surface area contributed by atoms with Gasteiger partial charge in [0.1, 0.15) is 0 Å². The number of carbonyl (C=O) groups is 6. The van der Waals surface area contributed by atoms with E-state index in [4.69, 9.17) is 14.2 Å². The van der Waals surface area contributed by atoms with Crippen LogP contribution in [0.1, 0.15) is 50.8 Å². The molecule has 9 nitrogen and oxygen atoms in total. The maximum Gasteiger partial charge on any atom is 0.310 e. The Bertz CT molecular complexity index is 1500. The first kappa shape index (κ1) is 35.0. The highest BCUT2D eigenvalue weighted by atomic mass is 79.9. The van der Waals surface area contributed by atoms with Crippen LogP contribution in [0.5, 0.6) is 0 Å². The molecule has 0 spiro atoms. The van der Waals surface area contributed by atoms with Crippen molar-refractivity contribution in [2.45, 2.75) is 19.8 Å². The molecule has 0 aliphatic carbocycles. The van der Waals surface area contributed by atoms with Crippen molar-refractivity contribution in [1.29, 1.82) is 0 Å². The molecule has 2 atom stereocenters. The minimum Gasteiger partial charge on any atom is -0.457 e. The summed E-state index contributed by atoms with van der Waals surface area (Å²) in [4.78, 5) is 75.8. The molecule has 0 aromatic heterocycles. The number of hydrogen-bond donors (Lipinski definition) is 0. The lowest BCUT2D eigenvalue weighted by Gasteiger charge is -2.21. The summed E-state index contributed by atoms with van der Waals surface area (Å²) in [5.74, 6) is -6.22. The summed E-state index contributed by atoms with van der Waals surface area (Å²) in [5.41, 5.74) is 0.999. The third-order valence-electron chi connectivity index (χ3n) is 6.49. The number of Topliss-reactive ketones (excluding diaryl/α,β-unsaturated/α-hetero) is 3. The SMILES string of the molecule is C[C@@H](C(=O)OCC(=O)c1ccc(Br)cc1)[C@@H](CCC(=O)OCC(=O)c1ccc(Br)cc1)C(=O)OCC(=O)c1ccc(Br)cc1. The zero-order chi connectivity index (χ0) is 32.2. The van der Waals surface area contributed by atoms with E-state index in [9.17, 15) is 28.8 Å². The van der Waals surface area contributed by atoms with Crippen molar-refractivity contribution in [2.24, 2.45) is 11.8 Å². The lowest BCUT2D eigenvalue weighted by Crippen LogP contribution is -2.33. The average molecular weight is 795 g/mol. The van der Waals surface area contributed by atoms with Gasteiger partial charge in [0.15, 0.2) is 37.2 Å². The van der Waals surface area contributed by atoms with Gasteiger partial charge in [0.25, 0.3) is 0 Å². The molecule has 3 aromatic rings. The number of hydrogen-bond acceptors (Lipinski definition) is 9. The van der Waals surface area contributed by atoms with Gasteiger partial charge in [-0.05, 0) is 42.8 Å². The molecule has 0 aliphatic heterocycles. The van der Waals surface area contributed by atoms with E-state index < -0.39 is 66.9 Å². The van der Waals surface area contributed by atoms with Gasteiger partial charge in [0, 0.05) is 36.5 Å². The smallest absolute Gasteiger partial charge is 0.310 e. The zero-order valence-corrected chi connectivity index (χ0v) is 28.2. The van der Waals surface area contributed by atoms with Crippen molar-refractivity contribution in [3.05, 3.63) is 103 Å². The molecule has 230 valence electrons. The number of halogens is 3. The molecular formula is C32H27Br3O9. The van der Waals surface area contributed by atoms with Crippen LogP contribution in [-0.2, 0) is 28.6 Å². The van der Waals surface area contributed by atoms with Crippen LogP contribution < -0.4 is 0 Å². The highest BCUT2D eigenvalue weighted by Crippen LogP contribution is 2.23. The van der Waals surface area contributed by atoms with Gasteiger partial charge < -0.3 is 14.2 Å². The maximum atomic E-state index is 13.1. The van der Waals surface area contributed by atoms with Crippen LogP contribution in [0.25, 0.3) is 0 Å². The second-order valence-electron chi connectivity index (χ2n) is 9.60. The van der Waals surface area contributed by atoms with E-state index in [2.05, 4.69) is 47.8 Å². The summed E-state index contributed by atoms with van der Waals surface area (Å²) in [7, 11) is 0. The van der Waals surface area contributed by atoms with Crippen LogP contribution in [0.2, 0.25) is 0 Å².